The van der Waals surface area contributed by atoms with E-state index in [1.807, 2.05) is 36.4 Å². The van der Waals surface area contributed by atoms with Gasteiger partial charge >= 0.3 is 0 Å². The molecule has 0 spiro atoms. The van der Waals surface area contributed by atoms with Gasteiger partial charge in [0.15, 0.2) is 0 Å². The summed E-state index contributed by atoms with van der Waals surface area (Å²) >= 11 is 0. The number of amides is 1. The van der Waals surface area contributed by atoms with E-state index >= 15 is 0 Å². The highest BCUT2D eigenvalue weighted by Crippen LogP contribution is 2.22. The number of nitrogens with zero attached hydrogens (tertiary/aromatic N) is 3. The highest BCUT2D eigenvalue weighted by Gasteiger charge is 2.26. The minimum absolute atomic E-state index is 0.0106. The molecule has 0 radical (unpaired) electrons. The average molecular weight is 392 g/mol. The van der Waals surface area contributed by atoms with Gasteiger partial charge in [-0.2, -0.15) is 5.10 Å². The summed E-state index contributed by atoms with van der Waals surface area (Å²) in [5.41, 5.74) is 1.65. The third-order valence-corrected chi connectivity index (χ3v) is 5.20. The van der Waals surface area contributed by atoms with Crippen molar-refractivity contribution in [1.82, 2.24) is 15.1 Å². The number of carbonyl (C=O) groups is 1. The first kappa shape index (κ1) is 19.0. The number of benzene rings is 1. The number of hydrogen-bond donors (Lipinski definition) is 1. The van der Waals surface area contributed by atoms with Gasteiger partial charge in [-0.3, -0.25) is 9.59 Å². The molecule has 29 heavy (non-hydrogen) atoms. The molecule has 1 unspecified atom stereocenters. The Morgan fingerprint density at radius 3 is 2.83 bits per heavy atom. The van der Waals surface area contributed by atoms with Gasteiger partial charge in [0.2, 0.25) is 5.91 Å². The quantitative estimate of drug-likeness (QED) is 0.697. The molecule has 2 aromatic heterocycles. The fourth-order valence-corrected chi connectivity index (χ4v) is 3.63. The topological polar surface area (TPSA) is 80.4 Å². The molecule has 1 atom stereocenters. The van der Waals surface area contributed by atoms with Crippen LogP contribution in [0.5, 0.6) is 0 Å². The summed E-state index contributed by atoms with van der Waals surface area (Å²) in [5.74, 6) is 0.624. The van der Waals surface area contributed by atoms with Crippen LogP contribution >= 0.6 is 0 Å². The molecule has 1 aromatic carbocycles. The van der Waals surface area contributed by atoms with Gasteiger partial charge in [0.05, 0.1) is 37.2 Å². The summed E-state index contributed by atoms with van der Waals surface area (Å²) in [6.45, 7) is 2.22. The van der Waals surface area contributed by atoms with E-state index in [1.54, 1.807) is 24.6 Å². The maximum Gasteiger partial charge on any atom is 0.269 e. The van der Waals surface area contributed by atoms with E-state index in [1.165, 1.54) is 4.68 Å². The number of anilines is 1. The lowest BCUT2D eigenvalue weighted by Crippen LogP contribution is -2.43. The molecule has 0 bridgehead atoms. The monoisotopic (exact) mass is 392 g/mol. The highest BCUT2D eigenvalue weighted by molar-refractivity contribution is 5.79. The van der Waals surface area contributed by atoms with E-state index in [9.17, 15) is 9.59 Å². The second kappa shape index (κ2) is 8.77. The summed E-state index contributed by atoms with van der Waals surface area (Å²) in [5, 5.41) is 7.27. The molecule has 1 aliphatic heterocycles. The molecule has 1 fully saturated rings. The van der Waals surface area contributed by atoms with Crippen molar-refractivity contribution in [3.8, 4) is 0 Å². The molecule has 4 rings (SSSR count). The van der Waals surface area contributed by atoms with Gasteiger partial charge in [0.1, 0.15) is 5.76 Å². The zero-order chi connectivity index (χ0) is 20.1. The van der Waals surface area contributed by atoms with Crippen LogP contribution in [0, 0.1) is 5.92 Å². The summed E-state index contributed by atoms with van der Waals surface area (Å²) in [4.78, 5) is 27.1. The fraction of sp³-hybridized carbons (Fsp3) is 0.318. The van der Waals surface area contributed by atoms with Crippen LogP contribution in [-0.2, 0) is 17.9 Å². The van der Waals surface area contributed by atoms with Crippen LogP contribution in [0.25, 0.3) is 0 Å². The van der Waals surface area contributed by atoms with Crippen LogP contribution in [0.3, 0.4) is 0 Å². The second-order valence-electron chi connectivity index (χ2n) is 7.28. The van der Waals surface area contributed by atoms with Gasteiger partial charge in [-0.15, -0.1) is 0 Å². The van der Waals surface area contributed by atoms with E-state index in [-0.39, 0.29) is 17.4 Å². The molecule has 0 saturated carbocycles. The molecule has 1 aliphatic rings. The molecule has 150 valence electrons. The molecule has 0 aliphatic carbocycles. The van der Waals surface area contributed by atoms with Crippen molar-refractivity contribution in [2.45, 2.75) is 25.9 Å². The van der Waals surface area contributed by atoms with Crippen molar-refractivity contribution in [3.05, 3.63) is 82.7 Å². The van der Waals surface area contributed by atoms with E-state index in [2.05, 4.69) is 15.3 Å². The Kier molecular flexibility index (Phi) is 5.74. The van der Waals surface area contributed by atoms with E-state index in [0.29, 0.717) is 19.6 Å². The van der Waals surface area contributed by atoms with Gasteiger partial charge in [-0.25, -0.2) is 4.68 Å². The molecule has 1 N–H and O–H groups in total. The first-order valence-electron chi connectivity index (χ1n) is 9.85. The Bertz CT molecular complexity index is 998. The Hall–Kier alpha value is -3.35. The average Bonchev–Trinajstić information content (AvgIpc) is 3.28. The van der Waals surface area contributed by atoms with Gasteiger partial charge in [0.25, 0.3) is 5.56 Å². The third kappa shape index (κ3) is 4.74. The smallest absolute Gasteiger partial charge is 0.269 e. The number of aromatic nitrogens is 2. The van der Waals surface area contributed by atoms with Gasteiger partial charge in [-0.1, -0.05) is 30.3 Å². The van der Waals surface area contributed by atoms with E-state index < -0.39 is 0 Å². The zero-order valence-corrected chi connectivity index (χ0v) is 16.2. The lowest BCUT2D eigenvalue weighted by molar-refractivity contribution is -0.125. The predicted molar refractivity (Wildman–Crippen MR) is 110 cm³/mol. The molecule has 1 amide bonds. The minimum atomic E-state index is -0.143. The number of furan rings is 1. The number of piperidine rings is 1. The lowest BCUT2D eigenvalue weighted by Gasteiger charge is -2.33. The largest absolute Gasteiger partial charge is 0.467 e. The predicted octanol–water partition coefficient (Wildman–Crippen LogP) is 2.42. The van der Waals surface area contributed by atoms with E-state index in [4.69, 9.17) is 4.42 Å². The molecule has 3 aromatic rings. The van der Waals surface area contributed by atoms with Crippen molar-refractivity contribution in [3.63, 3.8) is 0 Å². The molecule has 7 nitrogen and oxygen atoms in total. The third-order valence-electron chi connectivity index (χ3n) is 5.20. The molecule has 3 heterocycles. The van der Waals surface area contributed by atoms with Gasteiger partial charge in [-0.05, 0) is 30.5 Å². The number of carbonyl (C=O) groups excluding carboxylic acids is 1. The fourth-order valence-electron chi connectivity index (χ4n) is 3.63. The molecular formula is C22H24N4O3. The Labute approximate surface area is 169 Å². The Balaban J connectivity index is 1.39. The summed E-state index contributed by atoms with van der Waals surface area (Å²) in [6, 6.07) is 15.0. The van der Waals surface area contributed by atoms with Crippen molar-refractivity contribution < 1.29 is 9.21 Å². The Morgan fingerprint density at radius 1 is 1.21 bits per heavy atom. The first-order chi connectivity index (χ1) is 14.2. The molecule has 7 heteroatoms. The van der Waals surface area contributed by atoms with E-state index in [0.717, 1.165) is 36.4 Å². The maximum absolute atomic E-state index is 12.5. The van der Waals surface area contributed by atoms with Crippen molar-refractivity contribution in [2.24, 2.45) is 5.92 Å². The van der Waals surface area contributed by atoms with Gasteiger partial charge < -0.3 is 14.6 Å². The van der Waals surface area contributed by atoms with Crippen molar-refractivity contribution in [2.75, 3.05) is 18.0 Å². The summed E-state index contributed by atoms with van der Waals surface area (Å²) in [7, 11) is 0. The van der Waals surface area contributed by atoms with Crippen LogP contribution in [-0.4, -0.2) is 28.8 Å². The van der Waals surface area contributed by atoms with Crippen molar-refractivity contribution >= 4 is 11.6 Å². The van der Waals surface area contributed by atoms with Crippen LogP contribution in [0.2, 0.25) is 0 Å². The number of rotatable bonds is 6. The second-order valence-corrected chi connectivity index (χ2v) is 7.28. The number of nitrogens with one attached hydrogen (secondary N) is 1. The zero-order valence-electron chi connectivity index (χ0n) is 16.2. The highest BCUT2D eigenvalue weighted by atomic mass is 16.3. The van der Waals surface area contributed by atoms with Crippen LogP contribution in [0.1, 0.15) is 24.2 Å². The SMILES string of the molecule is O=C(NCc1ccco1)C1CCCN(c2cnn(Cc3ccccc3)c(=O)c2)C1. The van der Waals surface area contributed by atoms with Crippen molar-refractivity contribution in [1.29, 1.82) is 0 Å². The summed E-state index contributed by atoms with van der Waals surface area (Å²) in [6.07, 6.45) is 5.04. The standard InChI is InChI=1S/C22H24N4O3/c27-21-12-19(13-24-26(21)15-17-6-2-1-3-7-17)25-10-4-8-18(16-25)22(28)23-14-20-9-5-11-29-20/h1-3,5-7,9,11-13,18H,4,8,10,14-16H2,(H,23,28). The van der Waals surface area contributed by atoms with Crippen LogP contribution in [0.4, 0.5) is 5.69 Å². The first-order valence-corrected chi connectivity index (χ1v) is 9.85. The number of hydrogen-bond acceptors (Lipinski definition) is 5. The summed E-state index contributed by atoms with van der Waals surface area (Å²) < 4.78 is 6.71. The molecule has 1 saturated heterocycles. The van der Waals surface area contributed by atoms with Crippen LogP contribution in [0.15, 0.2) is 70.2 Å². The Morgan fingerprint density at radius 2 is 2.07 bits per heavy atom. The minimum Gasteiger partial charge on any atom is -0.467 e. The maximum atomic E-state index is 12.5. The lowest BCUT2D eigenvalue weighted by atomic mass is 9.97. The molecular weight excluding hydrogens is 368 g/mol. The van der Waals surface area contributed by atoms with Crippen LogP contribution < -0.4 is 15.8 Å². The normalized spacial score (nSPS) is 16.6. The van der Waals surface area contributed by atoms with Gasteiger partial charge in [0, 0.05) is 19.2 Å².